The van der Waals surface area contributed by atoms with Crippen molar-refractivity contribution in [3.05, 3.63) is 76.9 Å². The number of nitrogens with one attached hydrogen (secondary N) is 2. The number of amides is 2. The molecule has 0 aliphatic carbocycles. The van der Waals surface area contributed by atoms with Crippen LogP contribution in [0.25, 0.3) is 0 Å². The van der Waals surface area contributed by atoms with E-state index in [-0.39, 0.29) is 11.8 Å². The highest BCUT2D eigenvalue weighted by Crippen LogP contribution is 2.30. The zero-order chi connectivity index (χ0) is 19.2. The molecule has 1 heterocycles. The van der Waals surface area contributed by atoms with Crippen molar-refractivity contribution in [3.8, 4) is 0 Å². The molecule has 0 atom stereocenters. The van der Waals surface area contributed by atoms with Gasteiger partial charge in [-0.05, 0) is 60.7 Å². The van der Waals surface area contributed by atoms with Gasteiger partial charge in [0.05, 0.1) is 5.56 Å². The van der Waals surface area contributed by atoms with Gasteiger partial charge in [0.2, 0.25) is 5.91 Å². The number of nitrogens with zero attached hydrogens (tertiary/aromatic N) is 1. The lowest BCUT2D eigenvalue weighted by Gasteiger charge is -2.10. The predicted molar refractivity (Wildman–Crippen MR) is 111 cm³/mol. The van der Waals surface area contributed by atoms with E-state index in [9.17, 15) is 9.59 Å². The molecule has 0 bridgehead atoms. The van der Waals surface area contributed by atoms with Gasteiger partial charge in [-0.15, -0.1) is 0 Å². The molecule has 2 N–H and O–H groups in total. The van der Waals surface area contributed by atoms with Crippen LogP contribution in [0.2, 0.25) is 0 Å². The number of anilines is 2. The van der Waals surface area contributed by atoms with Crippen LogP contribution in [-0.2, 0) is 4.79 Å². The number of rotatable bonds is 5. The van der Waals surface area contributed by atoms with Gasteiger partial charge >= 0.3 is 0 Å². The number of hydrogen-bond donors (Lipinski definition) is 2. The number of pyridine rings is 1. The van der Waals surface area contributed by atoms with Crippen molar-refractivity contribution < 1.29 is 9.59 Å². The van der Waals surface area contributed by atoms with E-state index in [4.69, 9.17) is 0 Å². The van der Waals surface area contributed by atoms with Crippen molar-refractivity contribution in [1.82, 2.24) is 4.98 Å². The quantitative estimate of drug-likeness (QED) is 0.570. The Morgan fingerprint density at radius 2 is 1.56 bits per heavy atom. The SMILES string of the molecule is CC(=O)Nc1ccc(Sc2ncccc2C(=O)Nc2ccc(Br)cc2)cc1. The molecule has 3 rings (SSSR count). The van der Waals surface area contributed by atoms with Gasteiger partial charge in [0.15, 0.2) is 0 Å². The summed E-state index contributed by atoms with van der Waals surface area (Å²) in [5.41, 5.74) is 1.93. The van der Waals surface area contributed by atoms with Gasteiger partial charge in [-0.25, -0.2) is 4.98 Å². The maximum Gasteiger partial charge on any atom is 0.258 e. The topological polar surface area (TPSA) is 71.1 Å². The Kier molecular flexibility index (Phi) is 6.26. The highest BCUT2D eigenvalue weighted by Gasteiger charge is 2.14. The fraction of sp³-hybridized carbons (Fsp3) is 0.0500. The van der Waals surface area contributed by atoms with Gasteiger partial charge in [-0.1, -0.05) is 27.7 Å². The van der Waals surface area contributed by atoms with E-state index >= 15 is 0 Å². The molecule has 0 spiro atoms. The first-order valence-corrected chi connectivity index (χ1v) is 9.69. The summed E-state index contributed by atoms with van der Waals surface area (Å²) in [4.78, 5) is 29.0. The van der Waals surface area contributed by atoms with E-state index in [1.54, 1.807) is 18.3 Å². The molecule has 1 aromatic heterocycles. The highest BCUT2D eigenvalue weighted by molar-refractivity contribution is 9.10. The molecular formula is C20H16BrN3O2S. The van der Waals surface area contributed by atoms with Crippen LogP contribution >= 0.6 is 27.7 Å². The smallest absolute Gasteiger partial charge is 0.258 e. The number of carbonyl (C=O) groups is 2. The first-order chi connectivity index (χ1) is 13.0. The van der Waals surface area contributed by atoms with E-state index in [1.165, 1.54) is 18.7 Å². The number of hydrogen-bond acceptors (Lipinski definition) is 4. The van der Waals surface area contributed by atoms with E-state index in [2.05, 4.69) is 31.5 Å². The molecule has 2 aromatic carbocycles. The summed E-state index contributed by atoms with van der Waals surface area (Å²) in [6.07, 6.45) is 1.66. The van der Waals surface area contributed by atoms with Crippen molar-refractivity contribution in [2.45, 2.75) is 16.8 Å². The number of carbonyl (C=O) groups excluding carboxylic acids is 2. The second kappa shape index (κ2) is 8.83. The van der Waals surface area contributed by atoms with Crippen LogP contribution in [-0.4, -0.2) is 16.8 Å². The molecule has 7 heteroatoms. The van der Waals surface area contributed by atoms with Crippen LogP contribution < -0.4 is 10.6 Å². The van der Waals surface area contributed by atoms with Crippen LogP contribution in [0.3, 0.4) is 0 Å². The van der Waals surface area contributed by atoms with E-state index in [0.29, 0.717) is 16.3 Å². The third-order valence-corrected chi connectivity index (χ3v) is 5.06. The fourth-order valence-electron chi connectivity index (χ4n) is 2.30. The van der Waals surface area contributed by atoms with E-state index in [1.807, 2.05) is 48.5 Å². The average molecular weight is 442 g/mol. The van der Waals surface area contributed by atoms with Gasteiger partial charge in [-0.3, -0.25) is 9.59 Å². The van der Waals surface area contributed by atoms with Crippen LogP contribution in [0.5, 0.6) is 0 Å². The molecule has 136 valence electrons. The molecule has 0 aliphatic heterocycles. The summed E-state index contributed by atoms with van der Waals surface area (Å²) in [5, 5.41) is 6.22. The van der Waals surface area contributed by atoms with E-state index in [0.717, 1.165) is 15.1 Å². The van der Waals surface area contributed by atoms with Crippen molar-refractivity contribution in [2.24, 2.45) is 0 Å². The third-order valence-electron chi connectivity index (χ3n) is 3.51. The molecule has 0 unspecified atom stereocenters. The fourth-order valence-corrected chi connectivity index (χ4v) is 3.44. The lowest BCUT2D eigenvalue weighted by atomic mass is 10.2. The highest BCUT2D eigenvalue weighted by atomic mass is 79.9. The summed E-state index contributed by atoms with van der Waals surface area (Å²) < 4.78 is 0.945. The van der Waals surface area contributed by atoms with Crippen LogP contribution in [0.15, 0.2) is 81.3 Å². The second-order valence-corrected chi connectivity index (χ2v) is 7.60. The van der Waals surface area contributed by atoms with Crippen LogP contribution in [0.4, 0.5) is 11.4 Å². The minimum absolute atomic E-state index is 0.118. The molecule has 27 heavy (non-hydrogen) atoms. The van der Waals surface area contributed by atoms with Crippen LogP contribution in [0.1, 0.15) is 17.3 Å². The largest absolute Gasteiger partial charge is 0.326 e. The Balaban J connectivity index is 1.76. The molecule has 3 aromatic rings. The molecule has 0 saturated heterocycles. The van der Waals surface area contributed by atoms with Crippen molar-refractivity contribution in [3.63, 3.8) is 0 Å². The Morgan fingerprint density at radius 1 is 0.926 bits per heavy atom. The number of halogens is 1. The first kappa shape index (κ1) is 19.1. The van der Waals surface area contributed by atoms with Gasteiger partial charge in [0.25, 0.3) is 5.91 Å². The second-order valence-electron chi connectivity index (χ2n) is 5.62. The Hall–Kier alpha value is -2.64. The molecule has 0 saturated carbocycles. The summed E-state index contributed by atoms with van der Waals surface area (Å²) in [5.74, 6) is -0.338. The monoisotopic (exact) mass is 441 g/mol. The molecule has 0 fully saturated rings. The standard InChI is InChI=1S/C20H16BrN3O2S/c1-13(25)23-15-8-10-17(11-9-15)27-20-18(3-2-12-22-20)19(26)24-16-6-4-14(21)5-7-16/h2-12H,1H3,(H,23,25)(H,24,26). The first-order valence-electron chi connectivity index (χ1n) is 8.09. The zero-order valence-corrected chi connectivity index (χ0v) is 16.8. The Bertz CT molecular complexity index is 960. The average Bonchev–Trinajstić information content (AvgIpc) is 2.65. The zero-order valence-electron chi connectivity index (χ0n) is 14.4. The predicted octanol–water partition coefficient (Wildman–Crippen LogP) is 5.21. The van der Waals surface area contributed by atoms with E-state index < -0.39 is 0 Å². The Morgan fingerprint density at radius 3 is 2.22 bits per heavy atom. The number of benzene rings is 2. The normalized spacial score (nSPS) is 10.3. The van der Waals surface area contributed by atoms with Crippen molar-refractivity contribution in [2.75, 3.05) is 10.6 Å². The maximum atomic E-state index is 12.7. The number of aromatic nitrogens is 1. The maximum absolute atomic E-state index is 12.7. The minimum atomic E-state index is -0.220. The van der Waals surface area contributed by atoms with Gasteiger partial charge in [-0.2, -0.15) is 0 Å². The molecule has 0 aliphatic rings. The molecule has 0 radical (unpaired) electrons. The summed E-state index contributed by atoms with van der Waals surface area (Å²) in [6.45, 7) is 1.47. The van der Waals surface area contributed by atoms with Crippen LogP contribution in [0, 0.1) is 0 Å². The molecule has 5 nitrogen and oxygen atoms in total. The summed E-state index contributed by atoms with van der Waals surface area (Å²) in [6, 6.07) is 18.2. The lowest BCUT2D eigenvalue weighted by molar-refractivity contribution is -0.114. The minimum Gasteiger partial charge on any atom is -0.326 e. The van der Waals surface area contributed by atoms with Gasteiger partial charge in [0.1, 0.15) is 5.03 Å². The van der Waals surface area contributed by atoms with Crippen molar-refractivity contribution in [1.29, 1.82) is 0 Å². The Labute approximate surface area is 169 Å². The summed E-state index contributed by atoms with van der Waals surface area (Å²) >= 11 is 4.77. The molecular weight excluding hydrogens is 426 g/mol. The summed E-state index contributed by atoms with van der Waals surface area (Å²) in [7, 11) is 0. The molecule has 2 amide bonds. The van der Waals surface area contributed by atoms with Gasteiger partial charge < -0.3 is 10.6 Å². The van der Waals surface area contributed by atoms with Crippen molar-refractivity contribution >= 4 is 50.9 Å². The third kappa shape index (κ3) is 5.42. The van der Waals surface area contributed by atoms with Gasteiger partial charge in [0, 0.05) is 33.9 Å². The lowest BCUT2D eigenvalue weighted by Crippen LogP contribution is -2.13.